The van der Waals surface area contributed by atoms with Crippen LogP contribution < -0.4 is 10.6 Å². The van der Waals surface area contributed by atoms with Crippen LogP contribution in [0.2, 0.25) is 0 Å². The highest BCUT2D eigenvalue weighted by molar-refractivity contribution is 5.91. The average Bonchev–Trinajstić information content (AvgIpc) is 3.27. The molecule has 2 aromatic carbocycles. The highest BCUT2D eigenvalue weighted by Gasteiger charge is 2.15. The van der Waals surface area contributed by atoms with E-state index in [2.05, 4.69) is 30.5 Å². The molecule has 33 heavy (non-hydrogen) atoms. The number of nitrogens with zero attached hydrogens (tertiary/aromatic N) is 3. The Hall–Kier alpha value is -3.33. The van der Waals surface area contributed by atoms with Crippen LogP contribution in [0.1, 0.15) is 17.2 Å². The monoisotopic (exact) mass is 448 g/mol. The zero-order valence-corrected chi connectivity index (χ0v) is 18.8. The van der Waals surface area contributed by atoms with E-state index in [-0.39, 0.29) is 18.5 Å². The Morgan fingerprint density at radius 2 is 1.91 bits per heavy atom. The number of aliphatic hydroxyl groups is 1. The number of fused-ring (bicyclic) bond motifs is 1. The van der Waals surface area contributed by atoms with E-state index in [9.17, 15) is 9.50 Å². The highest BCUT2D eigenvalue weighted by atomic mass is 19.1. The lowest BCUT2D eigenvalue weighted by Gasteiger charge is -2.17. The number of aromatic nitrogens is 3. The van der Waals surface area contributed by atoms with Gasteiger partial charge in [-0.15, -0.1) is 0 Å². The third kappa shape index (κ3) is 5.54. The van der Waals surface area contributed by atoms with E-state index in [1.807, 2.05) is 56.6 Å². The number of likely N-dealkylation sites (N-methyl/N-ethyl adjacent to an activating group) is 1. The second-order valence-electron chi connectivity index (χ2n) is 8.24. The number of anilines is 1. The molecule has 7 nitrogen and oxygen atoms in total. The van der Waals surface area contributed by atoms with Crippen LogP contribution in [0.15, 0.2) is 60.9 Å². The molecule has 0 amide bonds. The van der Waals surface area contributed by atoms with E-state index >= 15 is 0 Å². The first kappa shape index (κ1) is 22.8. The molecular formula is C25H29FN6O. The van der Waals surface area contributed by atoms with Crippen LogP contribution in [0.3, 0.4) is 0 Å². The Kier molecular flexibility index (Phi) is 7.29. The summed E-state index contributed by atoms with van der Waals surface area (Å²) in [4.78, 5) is 14.1. The number of aliphatic hydroxyl groups excluding tert-OH is 1. The number of benzene rings is 2. The molecule has 172 valence electrons. The van der Waals surface area contributed by atoms with Crippen LogP contribution in [-0.4, -0.2) is 58.8 Å². The molecule has 4 aromatic rings. The number of rotatable bonds is 10. The maximum Gasteiger partial charge on any atom is 0.143 e. The van der Waals surface area contributed by atoms with Crippen molar-refractivity contribution in [3.05, 3.63) is 77.9 Å². The van der Waals surface area contributed by atoms with E-state index < -0.39 is 0 Å². The van der Waals surface area contributed by atoms with Gasteiger partial charge in [0, 0.05) is 30.9 Å². The molecule has 0 aliphatic rings. The number of nitrogens with one attached hydrogen (secondary N) is 3. The van der Waals surface area contributed by atoms with Crippen molar-refractivity contribution in [2.24, 2.45) is 0 Å². The zero-order chi connectivity index (χ0) is 23.2. The molecule has 4 N–H and O–H groups in total. The summed E-state index contributed by atoms with van der Waals surface area (Å²) in [6.07, 6.45) is 1.48. The topological polar surface area (TPSA) is 89.1 Å². The fourth-order valence-electron chi connectivity index (χ4n) is 3.70. The summed E-state index contributed by atoms with van der Waals surface area (Å²) in [6, 6.07) is 16.5. The van der Waals surface area contributed by atoms with Gasteiger partial charge in [0.05, 0.1) is 18.0 Å². The molecule has 0 unspecified atom stereocenters. The van der Waals surface area contributed by atoms with Crippen molar-refractivity contribution < 1.29 is 9.50 Å². The second-order valence-corrected chi connectivity index (χ2v) is 8.24. The third-order valence-electron chi connectivity index (χ3n) is 5.53. The van der Waals surface area contributed by atoms with Crippen molar-refractivity contribution in [2.45, 2.75) is 12.6 Å². The SMILES string of the molecule is CN(C)CCNCc1cc(-c2cc3c(N[C@H](CO)c4ccccc4)ncnc3[nH]2)ccc1F. The zero-order valence-electron chi connectivity index (χ0n) is 18.8. The minimum atomic E-state index is -0.298. The third-order valence-corrected chi connectivity index (χ3v) is 5.53. The summed E-state index contributed by atoms with van der Waals surface area (Å²) in [5, 5.41) is 17.3. The first-order valence-corrected chi connectivity index (χ1v) is 11.0. The molecule has 0 aliphatic carbocycles. The summed E-state index contributed by atoms with van der Waals surface area (Å²) in [5.74, 6) is 0.390. The molecule has 0 radical (unpaired) electrons. The Morgan fingerprint density at radius 1 is 1.09 bits per heavy atom. The van der Waals surface area contributed by atoms with Crippen LogP contribution in [0.25, 0.3) is 22.3 Å². The summed E-state index contributed by atoms with van der Waals surface area (Å²) >= 11 is 0. The minimum Gasteiger partial charge on any atom is -0.394 e. The van der Waals surface area contributed by atoms with E-state index in [1.54, 1.807) is 6.07 Å². The van der Waals surface area contributed by atoms with E-state index in [0.717, 1.165) is 35.3 Å². The molecule has 0 fully saturated rings. The van der Waals surface area contributed by atoms with Gasteiger partial charge >= 0.3 is 0 Å². The summed E-state index contributed by atoms with van der Waals surface area (Å²) < 4.78 is 14.4. The average molecular weight is 449 g/mol. The maximum absolute atomic E-state index is 14.4. The number of H-pyrrole nitrogens is 1. The molecule has 4 rings (SSSR count). The Bertz CT molecular complexity index is 1190. The minimum absolute atomic E-state index is 0.0745. The Morgan fingerprint density at radius 3 is 2.67 bits per heavy atom. The second kappa shape index (κ2) is 10.5. The molecular weight excluding hydrogens is 419 g/mol. The fourth-order valence-corrected chi connectivity index (χ4v) is 3.70. The predicted octanol–water partition coefficient (Wildman–Crippen LogP) is 3.56. The van der Waals surface area contributed by atoms with Crippen LogP contribution in [0, 0.1) is 5.82 Å². The molecule has 8 heteroatoms. The fraction of sp³-hybridized carbons (Fsp3) is 0.280. The number of hydrogen-bond donors (Lipinski definition) is 4. The molecule has 2 heterocycles. The van der Waals surface area contributed by atoms with Gasteiger partial charge in [0.1, 0.15) is 23.6 Å². The molecule has 0 aliphatic heterocycles. The van der Waals surface area contributed by atoms with Crippen molar-refractivity contribution >= 4 is 16.9 Å². The van der Waals surface area contributed by atoms with Crippen LogP contribution >= 0.6 is 0 Å². The van der Waals surface area contributed by atoms with E-state index in [0.29, 0.717) is 23.6 Å². The number of aromatic amines is 1. The van der Waals surface area contributed by atoms with Crippen LogP contribution in [-0.2, 0) is 6.54 Å². The number of hydrogen-bond acceptors (Lipinski definition) is 6. The highest BCUT2D eigenvalue weighted by Crippen LogP contribution is 2.29. The first-order valence-electron chi connectivity index (χ1n) is 11.0. The van der Waals surface area contributed by atoms with Crippen molar-refractivity contribution in [3.63, 3.8) is 0 Å². The molecule has 0 saturated heterocycles. The van der Waals surface area contributed by atoms with Gasteiger partial charge in [0.25, 0.3) is 0 Å². The predicted molar refractivity (Wildman–Crippen MR) is 129 cm³/mol. The van der Waals surface area contributed by atoms with Crippen molar-refractivity contribution in [3.8, 4) is 11.3 Å². The lowest BCUT2D eigenvalue weighted by atomic mass is 10.1. The van der Waals surface area contributed by atoms with Crippen LogP contribution in [0.4, 0.5) is 10.2 Å². The first-order chi connectivity index (χ1) is 16.0. The van der Waals surface area contributed by atoms with E-state index in [4.69, 9.17) is 0 Å². The molecule has 0 spiro atoms. The quantitative estimate of drug-likeness (QED) is 0.278. The molecule has 0 bridgehead atoms. The summed E-state index contributed by atoms with van der Waals surface area (Å²) in [5.41, 5.74) is 3.93. The van der Waals surface area contributed by atoms with Gasteiger partial charge < -0.3 is 25.6 Å². The van der Waals surface area contributed by atoms with Gasteiger partial charge in [-0.25, -0.2) is 14.4 Å². The van der Waals surface area contributed by atoms with Gasteiger partial charge in [0.15, 0.2) is 0 Å². The Balaban J connectivity index is 1.58. The maximum atomic E-state index is 14.4. The molecule has 1 atom stereocenters. The van der Waals surface area contributed by atoms with E-state index in [1.165, 1.54) is 12.4 Å². The van der Waals surface area contributed by atoms with Gasteiger partial charge in [-0.2, -0.15) is 0 Å². The lowest BCUT2D eigenvalue weighted by Crippen LogP contribution is -2.26. The standard InChI is InChI=1S/C25H29FN6O/c1-32(2)11-10-27-14-19-12-18(8-9-21(19)26)22-13-20-24(30-22)28-16-29-25(20)31-23(15-33)17-6-4-3-5-7-17/h3-9,12-13,16,23,27,33H,10-11,14-15H2,1-2H3,(H2,28,29,30,31)/t23-/m1/s1. The van der Waals surface area contributed by atoms with Gasteiger partial charge in [-0.1, -0.05) is 30.3 Å². The molecule has 0 saturated carbocycles. The van der Waals surface area contributed by atoms with Crippen LogP contribution in [0.5, 0.6) is 0 Å². The summed E-state index contributed by atoms with van der Waals surface area (Å²) in [7, 11) is 4.01. The normalized spacial score (nSPS) is 12.4. The Labute approximate surface area is 192 Å². The van der Waals surface area contributed by atoms with Crippen molar-refractivity contribution in [1.82, 2.24) is 25.2 Å². The smallest absolute Gasteiger partial charge is 0.143 e. The van der Waals surface area contributed by atoms with Gasteiger partial charge in [-0.3, -0.25) is 0 Å². The largest absolute Gasteiger partial charge is 0.394 e. The lowest BCUT2D eigenvalue weighted by molar-refractivity contribution is 0.276. The number of halogens is 1. The van der Waals surface area contributed by atoms with Gasteiger partial charge in [0.2, 0.25) is 0 Å². The van der Waals surface area contributed by atoms with Crippen molar-refractivity contribution in [2.75, 3.05) is 39.1 Å². The molecule has 2 aromatic heterocycles. The van der Waals surface area contributed by atoms with Gasteiger partial charge in [-0.05, 0) is 49.5 Å². The summed E-state index contributed by atoms with van der Waals surface area (Å²) in [6.45, 7) is 2.04. The van der Waals surface area contributed by atoms with Crippen molar-refractivity contribution in [1.29, 1.82) is 0 Å².